The van der Waals surface area contributed by atoms with E-state index in [0.29, 0.717) is 6.54 Å². The summed E-state index contributed by atoms with van der Waals surface area (Å²) >= 11 is 0. The van der Waals surface area contributed by atoms with Crippen LogP contribution in [0.4, 0.5) is 0 Å². The first-order chi connectivity index (χ1) is 10.6. The SMILES string of the molecule is CC(NCC(O)c1ccc2ccccc2c1)c1cnn(C)c1. The third-order valence-corrected chi connectivity index (χ3v) is 4.00. The molecule has 0 aliphatic carbocycles. The third kappa shape index (κ3) is 3.18. The van der Waals surface area contributed by atoms with Gasteiger partial charge >= 0.3 is 0 Å². The summed E-state index contributed by atoms with van der Waals surface area (Å²) < 4.78 is 1.78. The van der Waals surface area contributed by atoms with Crippen molar-refractivity contribution in [3.8, 4) is 0 Å². The zero-order valence-electron chi connectivity index (χ0n) is 12.9. The molecule has 0 saturated heterocycles. The number of nitrogens with zero attached hydrogens (tertiary/aromatic N) is 2. The predicted octanol–water partition coefficient (Wildman–Crippen LogP) is 2.96. The largest absolute Gasteiger partial charge is 0.387 e. The van der Waals surface area contributed by atoms with Crippen molar-refractivity contribution in [3.63, 3.8) is 0 Å². The summed E-state index contributed by atoms with van der Waals surface area (Å²) in [6, 6.07) is 14.4. The minimum atomic E-state index is -0.524. The summed E-state index contributed by atoms with van der Waals surface area (Å²) in [5.74, 6) is 0. The van der Waals surface area contributed by atoms with Crippen LogP contribution in [0.2, 0.25) is 0 Å². The van der Waals surface area contributed by atoms with Crippen molar-refractivity contribution in [2.75, 3.05) is 6.54 Å². The van der Waals surface area contributed by atoms with Gasteiger partial charge in [-0.2, -0.15) is 5.10 Å². The molecule has 2 atom stereocenters. The molecule has 2 N–H and O–H groups in total. The van der Waals surface area contributed by atoms with Crippen molar-refractivity contribution in [2.24, 2.45) is 7.05 Å². The number of aliphatic hydroxyl groups is 1. The Labute approximate surface area is 130 Å². The number of benzene rings is 2. The van der Waals surface area contributed by atoms with Gasteiger partial charge in [-0.25, -0.2) is 0 Å². The van der Waals surface area contributed by atoms with Gasteiger partial charge in [-0.05, 0) is 29.3 Å². The second-order valence-electron chi connectivity index (χ2n) is 5.70. The molecule has 0 aliphatic rings. The number of aliphatic hydroxyl groups excluding tert-OH is 1. The zero-order chi connectivity index (χ0) is 15.5. The maximum Gasteiger partial charge on any atom is 0.0914 e. The highest BCUT2D eigenvalue weighted by Crippen LogP contribution is 2.21. The van der Waals surface area contributed by atoms with Crippen LogP contribution in [-0.2, 0) is 7.05 Å². The lowest BCUT2D eigenvalue weighted by Crippen LogP contribution is -2.24. The number of fused-ring (bicyclic) bond motifs is 1. The maximum absolute atomic E-state index is 10.4. The van der Waals surface area contributed by atoms with Crippen LogP contribution in [0.1, 0.15) is 30.2 Å². The van der Waals surface area contributed by atoms with Crippen LogP contribution in [0.25, 0.3) is 10.8 Å². The van der Waals surface area contributed by atoms with Gasteiger partial charge in [-0.1, -0.05) is 36.4 Å². The molecule has 0 bridgehead atoms. The molecular weight excluding hydrogens is 274 g/mol. The van der Waals surface area contributed by atoms with Crippen LogP contribution in [0.5, 0.6) is 0 Å². The lowest BCUT2D eigenvalue weighted by atomic mass is 10.0. The quantitative estimate of drug-likeness (QED) is 0.761. The Hall–Kier alpha value is -2.17. The summed E-state index contributed by atoms with van der Waals surface area (Å²) in [5.41, 5.74) is 2.05. The highest BCUT2D eigenvalue weighted by Gasteiger charge is 2.12. The van der Waals surface area contributed by atoms with E-state index in [9.17, 15) is 5.11 Å². The maximum atomic E-state index is 10.4. The molecule has 0 spiro atoms. The standard InChI is InChI=1S/C18H21N3O/c1-13(17-10-20-21(2)12-17)19-11-18(22)16-8-7-14-5-3-4-6-15(14)9-16/h3-10,12-13,18-19,22H,11H2,1-2H3. The van der Waals surface area contributed by atoms with Crippen LogP contribution >= 0.6 is 0 Å². The van der Waals surface area contributed by atoms with Gasteiger partial charge in [-0.15, -0.1) is 0 Å². The first-order valence-corrected chi connectivity index (χ1v) is 7.52. The number of aromatic nitrogens is 2. The molecule has 0 radical (unpaired) electrons. The topological polar surface area (TPSA) is 50.1 Å². The number of aryl methyl sites for hydroxylation is 1. The second-order valence-corrected chi connectivity index (χ2v) is 5.70. The van der Waals surface area contributed by atoms with Gasteiger partial charge in [0.1, 0.15) is 0 Å². The number of nitrogens with one attached hydrogen (secondary N) is 1. The highest BCUT2D eigenvalue weighted by molar-refractivity contribution is 5.83. The third-order valence-electron chi connectivity index (χ3n) is 4.00. The van der Waals surface area contributed by atoms with Crippen LogP contribution < -0.4 is 5.32 Å². The monoisotopic (exact) mass is 295 g/mol. The Bertz CT molecular complexity index is 766. The molecule has 3 aromatic rings. The van der Waals surface area contributed by atoms with Gasteiger partial charge in [-0.3, -0.25) is 4.68 Å². The average Bonchev–Trinajstić information content (AvgIpc) is 2.98. The van der Waals surface area contributed by atoms with E-state index in [1.807, 2.05) is 37.6 Å². The average molecular weight is 295 g/mol. The first-order valence-electron chi connectivity index (χ1n) is 7.52. The van der Waals surface area contributed by atoms with Crippen molar-refractivity contribution in [1.29, 1.82) is 0 Å². The molecule has 2 aromatic carbocycles. The Morgan fingerprint density at radius 1 is 1.14 bits per heavy atom. The van der Waals surface area contributed by atoms with Crippen molar-refractivity contribution >= 4 is 10.8 Å². The highest BCUT2D eigenvalue weighted by atomic mass is 16.3. The van der Waals surface area contributed by atoms with Gasteiger partial charge in [0.15, 0.2) is 0 Å². The molecule has 1 heterocycles. The van der Waals surface area contributed by atoms with E-state index < -0.39 is 6.10 Å². The summed E-state index contributed by atoms with van der Waals surface area (Å²) in [6.07, 6.45) is 3.31. The van der Waals surface area contributed by atoms with Gasteiger partial charge < -0.3 is 10.4 Å². The van der Waals surface area contributed by atoms with E-state index in [1.54, 1.807) is 4.68 Å². The van der Waals surface area contributed by atoms with E-state index in [-0.39, 0.29) is 6.04 Å². The minimum absolute atomic E-state index is 0.156. The molecule has 4 heteroatoms. The van der Waals surface area contributed by atoms with Crippen LogP contribution in [0.3, 0.4) is 0 Å². The molecule has 0 fully saturated rings. The summed E-state index contributed by atoms with van der Waals surface area (Å²) in [5, 5.41) is 20.3. The molecule has 0 amide bonds. The molecule has 0 saturated carbocycles. The molecule has 4 nitrogen and oxygen atoms in total. The van der Waals surface area contributed by atoms with Crippen molar-refractivity contribution in [2.45, 2.75) is 19.1 Å². The molecule has 1 aromatic heterocycles. The normalized spacial score (nSPS) is 14.1. The van der Waals surface area contributed by atoms with Gasteiger partial charge in [0.2, 0.25) is 0 Å². The van der Waals surface area contributed by atoms with Gasteiger partial charge in [0, 0.05) is 31.4 Å². The summed E-state index contributed by atoms with van der Waals surface area (Å²) in [6.45, 7) is 2.58. The Morgan fingerprint density at radius 3 is 2.64 bits per heavy atom. The minimum Gasteiger partial charge on any atom is -0.387 e. The number of hydrogen-bond acceptors (Lipinski definition) is 3. The number of rotatable bonds is 5. The lowest BCUT2D eigenvalue weighted by Gasteiger charge is -2.17. The summed E-state index contributed by atoms with van der Waals surface area (Å²) in [7, 11) is 1.90. The number of hydrogen-bond donors (Lipinski definition) is 2. The van der Waals surface area contributed by atoms with Crippen molar-refractivity contribution in [3.05, 3.63) is 66.0 Å². The Balaban J connectivity index is 1.66. The fourth-order valence-corrected chi connectivity index (χ4v) is 2.60. The van der Waals surface area contributed by atoms with Gasteiger partial charge in [0.05, 0.1) is 12.3 Å². The fourth-order valence-electron chi connectivity index (χ4n) is 2.60. The smallest absolute Gasteiger partial charge is 0.0914 e. The zero-order valence-corrected chi connectivity index (χ0v) is 12.9. The van der Waals surface area contributed by atoms with E-state index >= 15 is 0 Å². The Kier molecular flexibility index (Phi) is 4.22. The predicted molar refractivity (Wildman–Crippen MR) is 88.5 cm³/mol. The molecule has 114 valence electrons. The Morgan fingerprint density at radius 2 is 1.91 bits per heavy atom. The second kappa shape index (κ2) is 6.30. The molecule has 0 aliphatic heterocycles. The lowest BCUT2D eigenvalue weighted by molar-refractivity contribution is 0.171. The van der Waals surface area contributed by atoms with Crippen LogP contribution in [0.15, 0.2) is 54.9 Å². The first kappa shape index (κ1) is 14.8. The van der Waals surface area contributed by atoms with E-state index in [4.69, 9.17) is 0 Å². The molecule has 2 unspecified atom stereocenters. The van der Waals surface area contributed by atoms with Crippen molar-refractivity contribution in [1.82, 2.24) is 15.1 Å². The van der Waals surface area contributed by atoms with Crippen LogP contribution in [-0.4, -0.2) is 21.4 Å². The fraction of sp³-hybridized carbons (Fsp3) is 0.278. The van der Waals surface area contributed by atoms with Crippen LogP contribution in [0, 0.1) is 0 Å². The molecule has 3 rings (SSSR count). The van der Waals surface area contributed by atoms with E-state index in [0.717, 1.165) is 16.5 Å². The molecular formula is C18H21N3O. The van der Waals surface area contributed by atoms with Crippen molar-refractivity contribution < 1.29 is 5.11 Å². The van der Waals surface area contributed by atoms with Gasteiger partial charge in [0.25, 0.3) is 0 Å². The summed E-state index contributed by atoms with van der Waals surface area (Å²) in [4.78, 5) is 0. The van der Waals surface area contributed by atoms with E-state index in [1.165, 1.54) is 5.39 Å². The molecule has 22 heavy (non-hydrogen) atoms. The van der Waals surface area contributed by atoms with E-state index in [2.05, 4.69) is 41.6 Å².